The molecule has 1 aliphatic rings. The zero-order chi connectivity index (χ0) is 14.9. The second-order valence-corrected chi connectivity index (χ2v) is 6.43. The van der Waals surface area contributed by atoms with Gasteiger partial charge in [-0.05, 0) is 5.56 Å². The molecule has 7 nitrogen and oxygen atoms in total. The van der Waals surface area contributed by atoms with E-state index >= 15 is 0 Å². The number of amides is 2. The largest absolute Gasteiger partial charge is 0.362 e. The first-order valence-corrected chi connectivity index (χ1v) is 7.90. The maximum Gasteiger partial charge on any atom is 0.362 e. The molecule has 0 aromatic heterocycles. The Balaban J connectivity index is 1.96. The van der Waals surface area contributed by atoms with Gasteiger partial charge in [0.2, 0.25) is 5.91 Å². The lowest BCUT2D eigenvalue weighted by molar-refractivity contribution is -0.140. The summed E-state index contributed by atoms with van der Waals surface area (Å²) in [4.78, 5) is 22.7. The number of rotatable bonds is 4. The average Bonchev–Trinajstić information content (AvgIpc) is 2.41. The summed E-state index contributed by atoms with van der Waals surface area (Å²) in [5, 5.41) is 2.41. The van der Waals surface area contributed by atoms with Gasteiger partial charge < -0.3 is 5.32 Å². The molecule has 0 aliphatic carbocycles. The third-order valence-electron chi connectivity index (χ3n) is 2.81. The Bertz CT molecular complexity index is 633. The number of hydrogen-bond acceptors (Lipinski definition) is 4. The number of carbonyl (C=O) groups excluding carboxylic acids is 2. The molecule has 108 valence electrons. The lowest BCUT2D eigenvalue weighted by Crippen LogP contribution is -2.65. The Labute approximate surface area is 124 Å². The van der Waals surface area contributed by atoms with E-state index in [2.05, 4.69) is 21.2 Å². The molecule has 1 heterocycles. The van der Waals surface area contributed by atoms with Crippen molar-refractivity contribution in [3.63, 3.8) is 0 Å². The molecule has 1 aliphatic heterocycles. The summed E-state index contributed by atoms with van der Waals surface area (Å²) in [5.74, 6) is -1.31. The minimum atomic E-state index is -4.54. The van der Waals surface area contributed by atoms with Crippen LogP contribution in [-0.2, 0) is 19.9 Å². The third-order valence-corrected chi connectivity index (χ3v) is 4.64. The number of carbonyl (C=O) groups is 2. The highest BCUT2D eigenvalue weighted by Gasteiger charge is 2.44. The number of alkyl halides is 1. The van der Waals surface area contributed by atoms with Crippen LogP contribution < -0.4 is 5.32 Å². The Morgan fingerprint density at radius 1 is 1.40 bits per heavy atom. The molecule has 0 spiro atoms. The first-order valence-electron chi connectivity index (χ1n) is 5.59. The molecule has 2 atom stereocenters. The van der Waals surface area contributed by atoms with Crippen molar-refractivity contribution < 1.29 is 22.6 Å². The molecule has 2 unspecified atom stereocenters. The first-order chi connectivity index (χ1) is 9.30. The van der Waals surface area contributed by atoms with Crippen LogP contribution in [0.2, 0.25) is 0 Å². The van der Waals surface area contributed by atoms with Crippen LogP contribution in [0, 0.1) is 0 Å². The number of nitrogens with zero attached hydrogens (tertiary/aromatic N) is 1. The van der Waals surface area contributed by atoms with Crippen molar-refractivity contribution in [2.24, 2.45) is 0 Å². The maximum atomic E-state index is 11.9. The molecule has 9 heteroatoms. The van der Waals surface area contributed by atoms with Gasteiger partial charge in [0, 0.05) is 0 Å². The van der Waals surface area contributed by atoms with Crippen molar-refractivity contribution in [1.82, 2.24) is 9.62 Å². The summed E-state index contributed by atoms with van der Waals surface area (Å²) >= 11 is 3.20. The van der Waals surface area contributed by atoms with E-state index in [0.717, 1.165) is 0 Å². The van der Waals surface area contributed by atoms with Crippen molar-refractivity contribution >= 4 is 38.0 Å². The summed E-state index contributed by atoms with van der Waals surface area (Å²) in [5.41, 5.74) is 0.711. The van der Waals surface area contributed by atoms with Crippen LogP contribution >= 0.6 is 15.9 Å². The van der Waals surface area contributed by atoms with Gasteiger partial charge in [-0.1, -0.05) is 46.3 Å². The molecule has 1 aromatic carbocycles. The molecule has 20 heavy (non-hydrogen) atoms. The molecule has 0 saturated carbocycles. The number of nitrogens with one attached hydrogen (secondary N) is 1. The zero-order valence-electron chi connectivity index (χ0n) is 10.1. The molecular formula is C11H11BrN2O5S. The fourth-order valence-electron chi connectivity index (χ4n) is 1.73. The predicted octanol–water partition coefficient (Wildman–Crippen LogP) is 0.252. The lowest BCUT2D eigenvalue weighted by atomic mass is 10.1. The van der Waals surface area contributed by atoms with Crippen LogP contribution in [0.15, 0.2) is 30.3 Å². The number of β-lactam (4-membered cyclic amide) rings is 1. The summed E-state index contributed by atoms with van der Waals surface area (Å²) in [7, 11) is -4.54. The van der Waals surface area contributed by atoms with E-state index in [1.165, 1.54) is 0 Å². The normalized spacial score (nSPS) is 20.2. The Morgan fingerprint density at radius 3 is 2.50 bits per heavy atom. The predicted molar refractivity (Wildman–Crippen MR) is 73.3 cm³/mol. The van der Waals surface area contributed by atoms with Crippen molar-refractivity contribution in [1.29, 1.82) is 0 Å². The minimum absolute atomic E-state index is 0.266. The number of halogens is 1. The van der Waals surface area contributed by atoms with Gasteiger partial charge >= 0.3 is 10.3 Å². The molecule has 0 radical (unpaired) electrons. The van der Waals surface area contributed by atoms with Crippen LogP contribution in [0.1, 0.15) is 10.4 Å². The quantitative estimate of drug-likeness (QED) is 0.454. The van der Waals surface area contributed by atoms with Gasteiger partial charge in [0.25, 0.3) is 5.91 Å². The van der Waals surface area contributed by atoms with Crippen LogP contribution in [-0.4, -0.2) is 41.7 Å². The smallest absolute Gasteiger partial charge is 0.341 e. The monoisotopic (exact) mass is 362 g/mol. The molecule has 1 saturated heterocycles. The van der Waals surface area contributed by atoms with E-state index in [1.807, 2.05) is 0 Å². The molecule has 1 aromatic rings. The summed E-state index contributed by atoms with van der Waals surface area (Å²) in [6.45, 7) is -0.266. The van der Waals surface area contributed by atoms with Gasteiger partial charge in [0.05, 0.1) is 6.54 Å². The van der Waals surface area contributed by atoms with E-state index in [1.54, 1.807) is 30.3 Å². The first kappa shape index (κ1) is 14.9. The van der Waals surface area contributed by atoms with E-state index in [-0.39, 0.29) is 6.54 Å². The number of benzene rings is 1. The molecule has 0 bridgehead atoms. The standard InChI is InChI=1S/C11H11BrN2O5S/c12-9(7-4-2-1-3-5-7)10(15)13-8-6-14(11(8)16)20(17,18)19/h1-5,8-9H,6H2,(H,13,15)(H,17,18,19). The van der Waals surface area contributed by atoms with Crippen molar-refractivity contribution in [3.8, 4) is 0 Å². The summed E-state index contributed by atoms with van der Waals surface area (Å²) in [6.07, 6.45) is 0. The average molecular weight is 363 g/mol. The highest BCUT2D eigenvalue weighted by atomic mass is 79.9. The van der Waals surface area contributed by atoms with Gasteiger partial charge in [0.1, 0.15) is 10.9 Å². The molecular weight excluding hydrogens is 352 g/mol. The van der Waals surface area contributed by atoms with Crippen LogP contribution in [0.25, 0.3) is 0 Å². The van der Waals surface area contributed by atoms with Crippen molar-refractivity contribution in [2.75, 3.05) is 6.54 Å². The number of hydrogen-bond donors (Lipinski definition) is 2. The molecule has 2 amide bonds. The van der Waals surface area contributed by atoms with Crippen molar-refractivity contribution in [3.05, 3.63) is 35.9 Å². The van der Waals surface area contributed by atoms with Crippen molar-refractivity contribution in [2.45, 2.75) is 10.9 Å². The van der Waals surface area contributed by atoms with Gasteiger partial charge in [-0.2, -0.15) is 8.42 Å². The second-order valence-electron chi connectivity index (χ2n) is 4.18. The van der Waals surface area contributed by atoms with Crippen LogP contribution in [0.3, 0.4) is 0 Å². The van der Waals surface area contributed by atoms with E-state index in [4.69, 9.17) is 4.55 Å². The van der Waals surface area contributed by atoms with E-state index in [9.17, 15) is 18.0 Å². The maximum absolute atomic E-state index is 11.9. The molecule has 1 fully saturated rings. The van der Waals surface area contributed by atoms with E-state index in [0.29, 0.717) is 9.87 Å². The lowest BCUT2D eigenvalue weighted by Gasteiger charge is -2.35. The molecule has 2 rings (SSSR count). The Morgan fingerprint density at radius 2 is 2.00 bits per heavy atom. The van der Waals surface area contributed by atoms with E-state index < -0.39 is 33.0 Å². The second kappa shape index (κ2) is 5.51. The topological polar surface area (TPSA) is 104 Å². The van der Waals surface area contributed by atoms with Crippen LogP contribution in [0.5, 0.6) is 0 Å². The molecule has 2 N–H and O–H groups in total. The van der Waals surface area contributed by atoms with Crippen LogP contribution in [0.4, 0.5) is 0 Å². The fraction of sp³-hybridized carbons (Fsp3) is 0.273. The third kappa shape index (κ3) is 3.00. The van der Waals surface area contributed by atoms with Gasteiger partial charge in [0.15, 0.2) is 0 Å². The summed E-state index contributed by atoms with van der Waals surface area (Å²) < 4.78 is 30.5. The Hall–Kier alpha value is -1.45. The zero-order valence-corrected chi connectivity index (χ0v) is 12.5. The highest BCUT2D eigenvalue weighted by Crippen LogP contribution is 2.23. The van der Waals surface area contributed by atoms with Gasteiger partial charge in [-0.25, -0.2) is 4.31 Å². The van der Waals surface area contributed by atoms with Gasteiger partial charge in [-0.15, -0.1) is 0 Å². The Kier molecular flexibility index (Phi) is 4.11. The highest BCUT2D eigenvalue weighted by molar-refractivity contribution is 9.09. The fourth-order valence-corrected chi connectivity index (χ4v) is 2.86. The summed E-state index contributed by atoms with van der Waals surface area (Å²) in [6, 6.07) is 7.89. The van der Waals surface area contributed by atoms with Gasteiger partial charge in [-0.3, -0.25) is 14.1 Å². The SMILES string of the molecule is O=C(NC1CN(S(=O)(=O)O)C1=O)C(Br)c1ccccc1. The minimum Gasteiger partial charge on any atom is -0.341 e.